The Morgan fingerprint density at radius 3 is 2.52 bits per heavy atom. The molecule has 3 rings (SSSR count). The van der Waals surface area contributed by atoms with Crippen molar-refractivity contribution in [1.29, 1.82) is 0 Å². The van der Waals surface area contributed by atoms with Gasteiger partial charge in [-0.25, -0.2) is 0 Å². The fourth-order valence-corrected chi connectivity index (χ4v) is 3.34. The van der Waals surface area contributed by atoms with E-state index >= 15 is 0 Å². The quantitative estimate of drug-likeness (QED) is 0.635. The van der Waals surface area contributed by atoms with Crippen LogP contribution in [0.3, 0.4) is 0 Å². The zero-order valence-corrected chi connectivity index (χ0v) is 12.8. The van der Waals surface area contributed by atoms with Crippen molar-refractivity contribution in [3.05, 3.63) is 46.5 Å². The highest BCUT2D eigenvalue weighted by atomic mass is 35.5. The maximum atomic E-state index is 12.4. The Hall–Kier alpha value is -1.61. The van der Waals surface area contributed by atoms with E-state index in [2.05, 4.69) is 6.08 Å². The molecule has 1 saturated heterocycles. The van der Waals surface area contributed by atoms with Crippen molar-refractivity contribution in [3.63, 3.8) is 0 Å². The maximum absolute atomic E-state index is 12.4. The third kappa shape index (κ3) is 2.75. The number of amides is 2. The number of hydrogen-bond donors (Lipinski definition) is 0. The van der Waals surface area contributed by atoms with Crippen molar-refractivity contribution in [3.8, 4) is 0 Å². The van der Waals surface area contributed by atoms with Crippen molar-refractivity contribution in [2.45, 2.75) is 26.2 Å². The van der Waals surface area contributed by atoms with Crippen LogP contribution in [0.5, 0.6) is 0 Å². The van der Waals surface area contributed by atoms with Crippen LogP contribution in [0.2, 0.25) is 5.02 Å². The van der Waals surface area contributed by atoms with Crippen LogP contribution < -0.4 is 0 Å². The van der Waals surface area contributed by atoms with E-state index in [9.17, 15) is 9.59 Å². The standard InChI is InChI=1S/C17H18ClNO2/c1-11-2-7-14-15(10-11)17(21)19(16(14)20)9-8-12-3-5-13(18)6-4-12/h2-6,14-15H,7-10H2,1H3/t14-,15-/m0/s1. The lowest BCUT2D eigenvalue weighted by atomic mass is 9.82. The van der Waals surface area contributed by atoms with Gasteiger partial charge in [0.15, 0.2) is 0 Å². The van der Waals surface area contributed by atoms with Crippen LogP contribution in [0, 0.1) is 11.8 Å². The molecule has 1 heterocycles. The van der Waals surface area contributed by atoms with Crippen molar-refractivity contribution in [2.75, 3.05) is 6.54 Å². The Bertz CT molecular complexity index is 606. The number of rotatable bonds is 3. The lowest BCUT2D eigenvalue weighted by molar-refractivity contribution is -0.139. The number of fused-ring (bicyclic) bond motifs is 1. The molecule has 0 spiro atoms. The predicted molar refractivity (Wildman–Crippen MR) is 81.8 cm³/mol. The van der Waals surface area contributed by atoms with Crippen LogP contribution in [-0.2, 0) is 16.0 Å². The summed E-state index contributed by atoms with van der Waals surface area (Å²) in [6, 6.07) is 7.54. The molecule has 4 heteroatoms. The van der Waals surface area contributed by atoms with Gasteiger partial charge in [0.25, 0.3) is 0 Å². The average Bonchev–Trinajstić information content (AvgIpc) is 2.70. The number of allylic oxidation sites excluding steroid dienone is 2. The van der Waals surface area contributed by atoms with E-state index < -0.39 is 0 Å². The summed E-state index contributed by atoms with van der Waals surface area (Å²) in [6.07, 6.45) is 4.21. The first-order valence-corrected chi connectivity index (χ1v) is 7.69. The molecule has 2 aliphatic rings. The molecule has 0 saturated carbocycles. The van der Waals surface area contributed by atoms with Crippen molar-refractivity contribution < 1.29 is 9.59 Å². The first-order chi connectivity index (χ1) is 10.1. The van der Waals surface area contributed by atoms with E-state index in [1.807, 2.05) is 31.2 Å². The van der Waals surface area contributed by atoms with Crippen LogP contribution in [0.4, 0.5) is 0 Å². The number of hydrogen-bond acceptors (Lipinski definition) is 2. The summed E-state index contributed by atoms with van der Waals surface area (Å²) in [5.41, 5.74) is 2.31. The second-order valence-electron chi connectivity index (χ2n) is 5.91. The number of likely N-dealkylation sites (tertiary alicyclic amines) is 1. The Morgan fingerprint density at radius 2 is 1.81 bits per heavy atom. The highest BCUT2D eigenvalue weighted by Crippen LogP contribution is 2.37. The Morgan fingerprint density at radius 1 is 1.14 bits per heavy atom. The van der Waals surface area contributed by atoms with Gasteiger partial charge >= 0.3 is 0 Å². The molecule has 21 heavy (non-hydrogen) atoms. The first-order valence-electron chi connectivity index (χ1n) is 7.31. The largest absolute Gasteiger partial charge is 0.282 e. The van der Waals surface area contributed by atoms with Gasteiger partial charge in [0, 0.05) is 11.6 Å². The smallest absolute Gasteiger partial charge is 0.233 e. The third-order valence-corrected chi connectivity index (χ3v) is 4.70. The minimum atomic E-state index is -0.133. The van der Waals surface area contributed by atoms with Gasteiger partial charge in [-0.2, -0.15) is 0 Å². The predicted octanol–water partition coefficient (Wildman–Crippen LogP) is 3.22. The average molecular weight is 304 g/mol. The molecule has 0 radical (unpaired) electrons. The normalized spacial score (nSPS) is 25.0. The minimum Gasteiger partial charge on any atom is -0.282 e. The molecule has 1 fully saturated rings. The number of halogens is 1. The summed E-state index contributed by atoms with van der Waals surface area (Å²) in [7, 11) is 0. The van der Waals surface area contributed by atoms with Gasteiger partial charge in [-0.05, 0) is 43.9 Å². The summed E-state index contributed by atoms with van der Waals surface area (Å²) in [5.74, 6) is -0.256. The number of nitrogens with zero attached hydrogens (tertiary/aromatic N) is 1. The summed E-state index contributed by atoms with van der Waals surface area (Å²) in [5, 5.41) is 0.694. The van der Waals surface area contributed by atoms with Crippen molar-refractivity contribution >= 4 is 23.4 Å². The van der Waals surface area contributed by atoms with Crippen LogP contribution >= 0.6 is 11.6 Å². The Kier molecular flexibility index (Phi) is 3.85. The van der Waals surface area contributed by atoms with Crippen LogP contribution in [0.15, 0.2) is 35.9 Å². The molecule has 0 aromatic heterocycles. The molecule has 1 aromatic rings. The summed E-state index contributed by atoms with van der Waals surface area (Å²) >= 11 is 5.86. The van der Waals surface area contributed by atoms with E-state index in [0.717, 1.165) is 12.0 Å². The molecule has 1 aliphatic heterocycles. The summed E-state index contributed by atoms with van der Waals surface area (Å²) < 4.78 is 0. The molecule has 1 aromatic carbocycles. The molecular formula is C17H18ClNO2. The van der Waals surface area contributed by atoms with Crippen LogP contribution in [0.25, 0.3) is 0 Å². The highest BCUT2D eigenvalue weighted by molar-refractivity contribution is 6.30. The van der Waals surface area contributed by atoms with Crippen molar-refractivity contribution in [2.24, 2.45) is 11.8 Å². The maximum Gasteiger partial charge on any atom is 0.233 e. The van der Waals surface area contributed by atoms with Gasteiger partial charge < -0.3 is 0 Å². The van der Waals surface area contributed by atoms with Gasteiger partial charge in [-0.15, -0.1) is 0 Å². The number of carbonyl (C=O) groups excluding carboxylic acids is 2. The van der Waals surface area contributed by atoms with Gasteiger partial charge in [0.1, 0.15) is 0 Å². The summed E-state index contributed by atoms with van der Waals surface area (Å²) in [4.78, 5) is 26.3. The van der Waals surface area contributed by atoms with Gasteiger partial charge in [-0.1, -0.05) is 35.4 Å². The van der Waals surface area contributed by atoms with Crippen LogP contribution in [-0.4, -0.2) is 23.3 Å². The lowest BCUT2D eigenvalue weighted by Gasteiger charge is -2.19. The van der Waals surface area contributed by atoms with E-state index in [1.165, 1.54) is 10.5 Å². The molecule has 0 N–H and O–H groups in total. The van der Waals surface area contributed by atoms with Gasteiger partial charge in [0.05, 0.1) is 11.8 Å². The molecule has 0 unspecified atom stereocenters. The second-order valence-corrected chi connectivity index (χ2v) is 6.34. The minimum absolute atomic E-state index is 0.00251. The molecule has 2 amide bonds. The topological polar surface area (TPSA) is 37.4 Å². The van der Waals surface area contributed by atoms with E-state index in [0.29, 0.717) is 24.4 Å². The molecule has 0 bridgehead atoms. The first kappa shape index (κ1) is 14.3. The Labute approximate surface area is 129 Å². The van der Waals surface area contributed by atoms with Gasteiger partial charge in [0.2, 0.25) is 11.8 Å². The molecule has 110 valence electrons. The van der Waals surface area contributed by atoms with E-state index in [-0.39, 0.29) is 23.7 Å². The molecule has 1 aliphatic carbocycles. The fourth-order valence-electron chi connectivity index (χ4n) is 3.22. The summed E-state index contributed by atoms with van der Waals surface area (Å²) in [6.45, 7) is 2.50. The van der Waals surface area contributed by atoms with Crippen LogP contribution in [0.1, 0.15) is 25.3 Å². The molecule has 2 atom stereocenters. The lowest BCUT2D eigenvalue weighted by Crippen LogP contribution is -2.33. The zero-order chi connectivity index (χ0) is 15.0. The fraction of sp³-hybridized carbons (Fsp3) is 0.412. The van der Waals surface area contributed by atoms with Crippen molar-refractivity contribution in [1.82, 2.24) is 4.90 Å². The number of benzene rings is 1. The number of imide groups is 1. The van der Waals surface area contributed by atoms with E-state index in [4.69, 9.17) is 11.6 Å². The van der Waals surface area contributed by atoms with Gasteiger partial charge in [-0.3, -0.25) is 14.5 Å². The number of carbonyl (C=O) groups is 2. The molecular weight excluding hydrogens is 286 g/mol. The molecule has 3 nitrogen and oxygen atoms in total. The van der Waals surface area contributed by atoms with E-state index in [1.54, 1.807) is 0 Å². The highest BCUT2D eigenvalue weighted by Gasteiger charge is 2.47. The monoisotopic (exact) mass is 303 g/mol. The SMILES string of the molecule is CC1=CC[C@@H]2C(=O)N(CCc3ccc(Cl)cc3)C(=O)[C@H]2C1. The zero-order valence-electron chi connectivity index (χ0n) is 12.0. The Balaban J connectivity index is 1.68. The second kappa shape index (κ2) is 5.64. The third-order valence-electron chi connectivity index (χ3n) is 4.45.